The first-order valence-corrected chi connectivity index (χ1v) is 14.1. The Morgan fingerprint density at radius 1 is 0.973 bits per heavy atom. The van der Waals surface area contributed by atoms with Crippen LogP contribution in [0.25, 0.3) is 11.0 Å². The van der Waals surface area contributed by atoms with E-state index in [9.17, 15) is 14.7 Å². The number of carboxylic acids is 1. The van der Waals surface area contributed by atoms with E-state index in [4.69, 9.17) is 4.84 Å². The highest BCUT2D eigenvalue weighted by atomic mass is 16.6. The molecule has 2 aliphatic carbocycles. The first-order chi connectivity index (χ1) is 18.0. The maximum Gasteiger partial charge on any atom is 0.303 e. The van der Waals surface area contributed by atoms with Gasteiger partial charge in [-0.2, -0.15) is 0 Å². The number of rotatable bonds is 7. The summed E-state index contributed by atoms with van der Waals surface area (Å²) < 4.78 is 1.95. The summed E-state index contributed by atoms with van der Waals surface area (Å²) in [6.45, 7) is 0. The average Bonchev–Trinajstić information content (AvgIpc) is 3.15. The van der Waals surface area contributed by atoms with Crippen molar-refractivity contribution in [3.63, 3.8) is 0 Å². The van der Waals surface area contributed by atoms with Crippen LogP contribution < -0.4 is 5.56 Å². The highest BCUT2D eigenvalue weighted by Crippen LogP contribution is 2.48. The number of oxime groups is 1. The van der Waals surface area contributed by atoms with Gasteiger partial charge in [-0.25, -0.2) is 4.98 Å². The largest absolute Gasteiger partial charge is 0.481 e. The topological polar surface area (TPSA) is 97.0 Å². The number of para-hydroxylation sites is 2. The standard InChI is InChI=1S/C29H38N4O4/c1-37-31-25(11-12-27(34)35)28-29(36)33(26-8-3-2-7-24(26)30-28)23-16-20-9-10-21(17-23)32(20)22-14-18-5-4-6-19(13-18)15-22/h2-3,7-8,18-23H,4-6,9-17H2,1H3,(H,34,35)/t18?,19?,20-,21?,22?,23+/m1/s1. The van der Waals surface area contributed by atoms with Crippen molar-refractivity contribution in [2.45, 2.75) is 101 Å². The van der Waals surface area contributed by atoms with Gasteiger partial charge in [-0.1, -0.05) is 36.6 Å². The van der Waals surface area contributed by atoms with Gasteiger partial charge in [0.15, 0.2) is 5.69 Å². The van der Waals surface area contributed by atoms with E-state index in [1.807, 2.05) is 28.8 Å². The van der Waals surface area contributed by atoms with Gasteiger partial charge in [0.1, 0.15) is 12.8 Å². The molecular weight excluding hydrogens is 468 g/mol. The summed E-state index contributed by atoms with van der Waals surface area (Å²) in [5.41, 5.74) is 1.88. The van der Waals surface area contributed by atoms with Crippen LogP contribution in [-0.4, -0.2) is 56.5 Å². The second kappa shape index (κ2) is 10.2. The summed E-state index contributed by atoms with van der Waals surface area (Å²) in [6.07, 6.45) is 12.7. The van der Waals surface area contributed by atoms with Crippen LogP contribution in [0.15, 0.2) is 34.2 Å². The Labute approximate surface area is 217 Å². The molecule has 8 heteroatoms. The number of fused-ring (bicyclic) bond motifs is 5. The molecule has 5 atom stereocenters. The quantitative estimate of drug-likeness (QED) is 0.430. The smallest absolute Gasteiger partial charge is 0.303 e. The van der Waals surface area contributed by atoms with Crippen molar-refractivity contribution in [2.75, 3.05) is 7.11 Å². The predicted octanol–water partition coefficient (Wildman–Crippen LogP) is 4.75. The summed E-state index contributed by atoms with van der Waals surface area (Å²) in [5.74, 6) is 0.877. The molecule has 0 amide bonds. The molecule has 2 saturated carbocycles. The minimum absolute atomic E-state index is 0.0947. The Hall–Kier alpha value is -2.74. The van der Waals surface area contributed by atoms with Crippen LogP contribution in [-0.2, 0) is 9.63 Å². The third-order valence-corrected chi connectivity index (χ3v) is 9.50. The molecule has 0 radical (unpaired) electrons. The number of hydrogen-bond acceptors (Lipinski definition) is 6. The number of piperidine rings is 1. The zero-order valence-electron chi connectivity index (χ0n) is 21.7. The highest BCUT2D eigenvalue weighted by Gasteiger charge is 2.47. The lowest BCUT2D eigenvalue weighted by atomic mass is 9.69. The molecule has 1 N–H and O–H groups in total. The zero-order valence-corrected chi connectivity index (χ0v) is 21.7. The molecule has 0 spiro atoms. The number of aromatic nitrogens is 2. The van der Waals surface area contributed by atoms with E-state index in [1.165, 1.54) is 58.5 Å². The second-order valence-electron chi connectivity index (χ2n) is 11.7. The van der Waals surface area contributed by atoms with Crippen molar-refractivity contribution in [2.24, 2.45) is 17.0 Å². The molecule has 8 nitrogen and oxygen atoms in total. The Morgan fingerprint density at radius 3 is 2.35 bits per heavy atom. The van der Waals surface area contributed by atoms with E-state index in [0.717, 1.165) is 35.7 Å². The van der Waals surface area contributed by atoms with Gasteiger partial charge in [0.25, 0.3) is 5.56 Å². The third kappa shape index (κ3) is 4.69. The van der Waals surface area contributed by atoms with Crippen molar-refractivity contribution in [1.29, 1.82) is 0 Å². The fraction of sp³-hybridized carbons (Fsp3) is 0.655. The summed E-state index contributed by atoms with van der Waals surface area (Å²) in [7, 11) is 1.41. The van der Waals surface area contributed by atoms with Crippen molar-refractivity contribution < 1.29 is 14.7 Å². The predicted molar refractivity (Wildman–Crippen MR) is 142 cm³/mol. The molecule has 198 valence electrons. The van der Waals surface area contributed by atoms with Crippen molar-refractivity contribution in [3.8, 4) is 0 Å². The lowest BCUT2D eigenvalue weighted by molar-refractivity contribution is -0.136. The second-order valence-corrected chi connectivity index (χ2v) is 11.7. The number of carbonyl (C=O) groups is 1. The monoisotopic (exact) mass is 506 g/mol. The molecule has 1 aromatic carbocycles. The van der Waals surface area contributed by atoms with Gasteiger partial charge in [0.05, 0.1) is 17.5 Å². The van der Waals surface area contributed by atoms with Crippen LogP contribution in [0.4, 0.5) is 0 Å². The molecular formula is C29H38N4O4. The van der Waals surface area contributed by atoms with Crippen molar-refractivity contribution in [1.82, 2.24) is 14.5 Å². The first-order valence-electron chi connectivity index (χ1n) is 14.1. The van der Waals surface area contributed by atoms with Gasteiger partial charge < -0.3 is 14.5 Å². The van der Waals surface area contributed by atoms with Gasteiger partial charge in [0.2, 0.25) is 0 Å². The highest BCUT2D eigenvalue weighted by molar-refractivity contribution is 6.00. The van der Waals surface area contributed by atoms with E-state index < -0.39 is 5.97 Å². The minimum Gasteiger partial charge on any atom is -0.481 e. The number of carboxylic acid groups (broad SMARTS) is 1. The molecule has 2 saturated heterocycles. The molecule has 3 unspecified atom stereocenters. The third-order valence-electron chi connectivity index (χ3n) is 9.50. The maximum absolute atomic E-state index is 14.0. The van der Waals surface area contributed by atoms with E-state index in [-0.39, 0.29) is 30.1 Å². The summed E-state index contributed by atoms with van der Waals surface area (Å²) in [4.78, 5) is 37.8. The van der Waals surface area contributed by atoms with E-state index in [1.54, 1.807) is 0 Å². The molecule has 3 heterocycles. The van der Waals surface area contributed by atoms with Crippen LogP contribution in [0.3, 0.4) is 0 Å². The molecule has 2 aromatic rings. The van der Waals surface area contributed by atoms with Crippen LogP contribution in [0.5, 0.6) is 0 Å². The first kappa shape index (κ1) is 24.6. The molecule has 37 heavy (non-hydrogen) atoms. The minimum atomic E-state index is -0.944. The maximum atomic E-state index is 14.0. The Morgan fingerprint density at radius 2 is 1.68 bits per heavy atom. The number of aliphatic carboxylic acids is 1. The van der Waals surface area contributed by atoms with E-state index >= 15 is 0 Å². The van der Waals surface area contributed by atoms with E-state index in [2.05, 4.69) is 15.0 Å². The van der Waals surface area contributed by atoms with Gasteiger partial charge in [-0.15, -0.1) is 0 Å². The van der Waals surface area contributed by atoms with Crippen LogP contribution in [0, 0.1) is 11.8 Å². The summed E-state index contributed by atoms with van der Waals surface area (Å²) in [5, 5.41) is 13.3. The Balaban J connectivity index is 1.33. The molecule has 4 fully saturated rings. The van der Waals surface area contributed by atoms with E-state index in [0.29, 0.717) is 23.8 Å². The van der Waals surface area contributed by atoms with Crippen molar-refractivity contribution >= 4 is 22.7 Å². The summed E-state index contributed by atoms with van der Waals surface area (Å²) >= 11 is 0. The SMILES string of the molecule is CON=C(CCC(=O)O)c1nc2ccccc2n([C@@H]2CC3CC[C@H](C2)N3C2CC3CCCC(C3)C2)c1=O. The van der Waals surface area contributed by atoms with Gasteiger partial charge in [-0.05, 0) is 68.9 Å². The lowest BCUT2D eigenvalue weighted by Crippen LogP contribution is -2.52. The Kier molecular flexibility index (Phi) is 6.78. The Bertz CT molecular complexity index is 1230. The normalized spacial score (nSPS) is 32.0. The zero-order chi connectivity index (χ0) is 25.5. The fourth-order valence-corrected chi connectivity index (χ4v) is 8.18. The van der Waals surface area contributed by atoms with Crippen LogP contribution in [0.1, 0.15) is 88.8 Å². The van der Waals surface area contributed by atoms with Gasteiger partial charge in [0, 0.05) is 30.6 Å². The molecule has 4 bridgehead atoms. The molecule has 1 aromatic heterocycles. The molecule has 4 aliphatic rings. The number of nitrogens with zero attached hydrogens (tertiary/aromatic N) is 4. The van der Waals surface area contributed by atoms with Gasteiger partial charge in [-0.3, -0.25) is 14.5 Å². The number of hydrogen-bond donors (Lipinski definition) is 1. The molecule has 2 aliphatic heterocycles. The average molecular weight is 507 g/mol. The van der Waals surface area contributed by atoms with Gasteiger partial charge >= 0.3 is 5.97 Å². The lowest BCUT2D eigenvalue weighted by Gasteiger charge is -2.49. The molecule has 6 rings (SSSR count). The summed E-state index contributed by atoms with van der Waals surface area (Å²) in [6, 6.07) is 9.63. The van der Waals surface area contributed by atoms with Crippen LogP contribution >= 0.6 is 0 Å². The fourth-order valence-electron chi connectivity index (χ4n) is 8.18. The number of benzene rings is 1. The van der Waals surface area contributed by atoms with Crippen molar-refractivity contribution in [3.05, 3.63) is 40.3 Å². The van der Waals surface area contributed by atoms with Crippen LogP contribution in [0.2, 0.25) is 0 Å².